The fourth-order valence-electron chi connectivity index (χ4n) is 3.24. The molecule has 1 fully saturated rings. The molecule has 0 N–H and O–H groups in total. The number of oxazole rings is 1. The molecule has 0 aliphatic carbocycles. The van der Waals surface area contributed by atoms with Gasteiger partial charge in [0.05, 0.1) is 30.1 Å². The first kappa shape index (κ1) is 17.0. The van der Waals surface area contributed by atoms with E-state index in [1.807, 2.05) is 38.1 Å². The van der Waals surface area contributed by atoms with Crippen LogP contribution >= 0.6 is 0 Å². The van der Waals surface area contributed by atoms with Crippen molar-refractivity contribution in [1.29, 1.82) is 0 Å². The average molecular weight is 330 g/mol. The van der Waals surface area contributed by atoms with Gasteiger partial charge in [0.2, 0.25) is 5.89 Å². The number of morpholine rings is 1. The summed E-state index contributed by atoms with van der Waals surface area (Å²) >= 11 is 0. The van der Waals surface area contributed by atoms with Crippen molar-refractivity contribution in [2.24, 2.45) is 0 Å². The molecule has 1 aromatic carbocycles. The fraction of sp³-hybridized carbons (Fsp3) is 0.526. The Labute approximate surface area is 143 Å². The van der Waals surface area contributed by atoms with Crippen LogP contribution in [-0.4, -0.2) is 41.8 Å². The Bertz CT molecular complexity index is 673. The van der Waals surface area contributed by atoms with Gasteiger partial charge >= 0.3 is 0 Å². The predicted octanol–water partition coefficient (Wildman–Crippen LogP) is 3.66. The van der Waals surface area contributed by atoms with Crippen LogP contribution in [0.5, 0.6) is 5.75 Å². The van der Waals surface area contributed by atoms with Crippen LogP contribution in [0.15, 0.2) is 28.7 Å². The lowest BCUT2D eigenvalue weighted by atomic mass is 10.2. The molecular formula is C19H26N2O3. The quantitative estimate of drug-likeness (QED) is 0.837. The zero-order valence-corrected chi connectivity index (χ0v) is 14.9. The maximum absolute atomic E-state index is 5.93. The van der Waals surface area contributed by atoms with Crippen LogP contribution in [0.1, 0.15) is 32.2 Å². The molecule has 3 rings (SSSR count). The number of ether oxygens (including phenoxy) is 2. The molecule has 130 valence electrons. The summed E-state index contributed by atoms with van der Waals surface area (Å²) in [5, 5.41) is 0. The number of hydrogen-bond donors (Lipinski definition) is 0. The lowest BCUT2D eigenvalue weighted by Gasteiger charge is -2.34. The predicted molar refractivity (Wildman–Crippen MR) is 93.1 cm³/mol. The van der Waals surface area contributed by atoms with Crippen molar-refractivity contribution in [2.75, 3.05) is 19.7 Å². The largest absolute Gasteiger partial charge is 0.493 e. The highest BCUT2D eigenvalue weighted by molar-refractivity contribution is 5.63. The minimum atomic E-state index is 0.249. The van der Waals surface area contributed by atoms with Crippen molar-refractivity contribution >= 4 is 0 Å². The van der Waals surface area contributed by atoms with Gasteiger partial charge in [0, 0.05) is 19.6 Å². The molecule has 1 aliphatic rings. The molecule has 5 heteroatoms. The number of para-hydroxylation sites is 1. The van der Waals surface area contributed by atoms with E-state index in [0.717, 1.165) is 42.4 Å². The van der Waals surface area contributed by atoms with Crippen molar-refractivity contribution in [2.45, 2.75) is 46.4 Å². The fourth-order valence-corrected chi connectivity index (χ4v) is 3.24. The van der Waals surface area contributed by atoms with E-state index in [4.69, 9.17) is 18.9 Å². The van der Waals surface area contributed by atoms with E-state index in [-0.39, 0.29) is 12.2 Å². The third-order valence-electron chi connectivity index (χ3n) is 4.18. The van der Waals surface area contributed by atoms with Gasteiger partial charge in [0.1, 0.15) is 11.5 Å². The van der Waals surface area contributed by atoms with Crippen LogP contribution in [0.3, 0.4) is 0 Å². The van der Waals surface area contributed by atoms with E-state index in [0.29, 0.717) is 12.5 Å². The van der Waals surface area contributed by atoms with Gasteiger partial charge in [-0.1, -0.05) is 12.1 Å². The Morgan fingerprint density at radius 1 is 1.21 bits per heavy atom. The standard InChI is InChI=1S/C19H26N2O3/c1-5-22-18-9-7-6-8-16(18)19-20-17(15(4)24-19)12-21-10-13(2)23-14(3)11-21/h6-9,13-14H,5,10-12H2,1-4H3/t13-,14+. The van der Waals surface area contributed by atoms with Gasteiger partial charge in [-0.25, -0.2) is 4.98 Å². The first-order valence-corrected chi connectivity index (χ1v) is 8.63. The highest BCUT2D eigenvalue weighted by atomic mass is 16.5. The lowest BCUT2D eigenvalue weighted by Crippen LogP contribution is -2.44. The monoisotopic (exact) mass is 330 g/mol. The maximum Gasteiger partial charge on any atom is 0.230 e. The molecule has 2 atom stereocenters. The Kier molecular flexibility index (Phi) is 5.21. The summed E-state index contributed by atoms with van der Waals surface area (Å²) in [4.78, 5) is 7.11. The van der Waals surface area contributed by atoms with E-state index >= 15 is 0 Å². The molecule has 0 saturated carbocycles. The molecule has 1 aliphatic heterocycles. The van der Waals surface area contributed by atoms with E-state index in [9.17, 15) is 0 Å². The van der Waals surface area contributed by atoms with Crippen molar-refractivity contribution < 1.29 is 13.9 Å². The average Bonchev–Trinajstić information content (AvgIpc) is 2.88. The minimum Gasteiger partial charge on any atom is -0.493 e. The summed E-state index contributed by atoms with van der Waals surface area (Å²) in [5.41, 5.74) is 1.88. The summed E-state index contributed by atoms with van der Waals surface area (Å²) in [6.45, 7) is 11.4. The molecule has 0 bridgehead atoms. The van der Waals surface area contributed by atoms with E-state index in [1.165, 1.54) is 0 Å². The number of nitrogens with zero attached hydrogens (tertiary/aromatic N) is 2. The summed E-state index contributed by atoms with van der Waals surface area (Å²) < 4.78 is 17.4. The van der Waals surface area contributed by atoms with Crippen LogP contribution in [0.2, 0.25) is 0 Å². The van der Waals surface area contributed by atoms with Gasteiger partial charge in [-0.15, -0.1) is 0 Å². The van der Waals surface area contributed by atoms with E-state index in [2.05, 4.69) is 18.7 Å². The highest BCUT2D eigenvalue weighted by Gasteiger charge is 2.24. The van der Waals surface area contributed by atoms with Crippen molar-refractivity contribution in [3.63, 3.8) is 0 Å². The minimum absolute atomic E-state index is 0.249. The number of aromatic nitrogens is 1. The molecule has 5 nitrogen and oxygen atoms in total. The summed E-state index contributed by atoms with van der Waals surface area (Å²) in [5.74, 6) is 2.30. The molecule has 1 saturated heterocycles. The summed E-state index contributed by atoms with van der Waals surface area (Å²) in [7, 11) is 0. The van der Waals surface area contributed by atoms with Gasteiger partial charge in [0.15, 0.2) is 0 Å². The van der Waals surface area contributed by atoms with Gasteiger partial charge in [-0.2, -0.15) is 0 Å². The molecule has 24 heavy (non-hydrogen) atoms. The zero-order chi connectivity index (χ0) is 17.1. The smallest absolute Gasteiger partial charge is 0.230 e. The van der Waals surface area contributed by atoms with Crippen molar-refractivity contribution in [1.82, 2.24) is 9.88 Å². The Balaban J connectivity index is 1.81. The molecule has 2 aromatic rings. The zero-order valence-electron chi connectivity index (χ0n) is 14.9. The first-order valence-electron chi connectivity index (χ1n) is 8.63. The Morgan fingerprint density at radius 3 is 2.62 bits per heavy atom. The third kappa shape index (κ3) is 3.79. The third-order valence-corrected chi connectivity index (χ3v) is 4.18. The Morgan fingerprint density at radius 2 is 1.92 bits per heavy atom. The van der Waals surface area contributed by atoms with Gasteiger partial charge in [-0.3, -0.25) is 4.90 Å². The van der Waals surface area contributed by atoms with Gasteiger partial charge < -0.3 is 13.9 Å². The second-order valence-electron chi connectivity index (χ2n) is 6.40. The van der Waals surface area contributed by atoms with Crippen LogP contribution in [0.25, 0.3) is 11.5 Å². The van der Waals surface area contributed by atoms with Crippen LogP contribution in [-0.2, 0) is 11.3 Å². The summed E-state index contributed by atoms with van der Waals surface area (Å²) in [6.07, 6.45) is 0.498. The first-order chi connectivity index (χ1) is 11.6. The molecule has 0 radical (unpaired) electrons. The van der Waals surface area contributed by atoms with Gasteiger partial charge in [0.25, 0.3) is 0 Å². The lowest BCUT2D eigenvalue weighted by molar-refractivity contribution is -0.0708. The van der Waals surface area contributed by atoms with Crippen LogP contribution < -0.4 is 4.74 Å². The second-order valence-corrected chi connectivity index (χ2v) is 6.40. The van der Waals surface area contributed by atoms with Gasteiger partial charge in [-0.05, 0) is 39.8 Å². The molecule has 0 spiro atoms. The topological polar surface area (TPSA) is 47.7 Å². The van der Waals surface area contributed by atoms with Crippen molar-refractivity contribution in [3.8, 4) is 17.2 Å². The Hall–Kier alpha value is -1.85. The number of hydrogen-bond acceptors (Lipinski definition) is 5. The highest BCUT2D eigenvalue weighted by Crippen LogP contribution is 2.31. The van der Waals surface area contributed by atoms with E-state index < -0.39 is 0 Å². The molecule has 2 heterocycles. The normalized spacial score (nSPS) is 21.8. The molecule has 0 unspecified atom stereocenters. The molecular weight excluding hydrogens is 304 g/mol. The second kappa shape index (κ2) is 7.36. The van der Waals surface area contributed by atoms with E-state index in [1.54, 1.807) is 0 Å². The summed E-state index contributed by atoms with van der Waals surface area (Å²) in [6, 6.07) is 7.87. The SMILES string of the molecule is CCOc1ccccc1-c1nc(CN2C[C@@H](C)O[C@@H](C)C2)c(C)o1. The number of aryl methyl sites for hydroxylation is 1. The maximum atomic E-state index is 5.93. The molecule has 0 amide bonds. The number of rotatable bonds is 5. The van der Waals surface area contributed by atoms with Crippen LogP contribution in [0, 0.1) is 6.92 Å². The molecule has 1 aromatic heterocycles. The van der Waals surface area contributed by atoms with Crippen molar-refractivity contribution in [3.05, 3.63) is 35.7 Å². The van der Waals surface area contributed by atoms with Crippen LogP contribution in [0.4, 0.5) is 0 Å². The number of benzene rings is 1.